The molecule has 19 heavy (non-hydrogen) atoms. The van der Waals surface area contributed by atoms with Gasteiger partial charge in [-0.15, -0.1) is 5.10 Å². The predicted octanol–water partition coefficient (Wildman–Crippen LogP) is 1.33. The molecule has 6 heteroatoms. The standard InChI is InChI=1S/C13H17N5O/c1-2-3-12(14)13(19)16-10-4-6-11(7-5-10)18-9-8-15-17-18/h4-9,12H,2-3,14H2,1H3,(H,16,19). The van der Waals surface area contributed by atoms with Crippen molar-refractivity contribution in [2.75, 3.05) is 5.32 Å². The fourth-order valence-electron chi connectivity index (χ4n) is 1.72. The third-order valence-corrected chi connectivity index (χ3v) is 2.76. The average Bonchev–Trinajstić information content (AvgIpc) is 2.94. The number of nitrogens with zero attached hydrogens (tertiary/aromatic N) is 3. The third kappa shape index (κ3) is 3.38. The largest absolute Gasteiger partial charge is 0.325 e. The quantitative estimate of drug-likeness (QED) is 0.848. The van der Waals surface area contributed by atoms with Crippen molar-refractivity contribution in [3.63, 3.8) is 0 Å². The van der Waals surface area contributed by atoms with Gasteiger partial charge in [0.15, 0.2) is 0 Å². The highest BCUT2D eigenvalue weighted by Gasteiger charge is 2.12. The van der Waals surface area contributed by atoms with Crippen molar-refractivity contribution in [3.05, 3.63) is 36.7 Å². The molecule has 2 aromatic rings. The lowest BCUT2D eigenvalue weighted by Crippen LogP contribution is -2.35. The highest BCUT2D eigenvalue weighted by atomic mass is 16.2. The minimum atomic E-state index is -0.458. The van der Waals surface area contributed by atoms with E-state index in [9.17, 15) is 4.79 Å². The molecule has 1 aromatic heterocycles. The van der Waals surface area contributed by atoms with E-state index >= 15 is 0 Å². The molecule has 0 aliphatic carbocycles. The van der Waals surface area contributed by atoms with Crippen molar-refractivity contribution < 1.29 is 4.79 Å². The molecule has 1 amide bonds. The summed E-state index contributed by atoms with van der Waals surface area (Å²) in [4.78, 5) is 11.8. The molecule has 0 bridgehead atoms. The molecule has 0 spiro atoms. The first-order valence-electron chi connectivity index (χ1n) is 6.24. The van der Waals surface area contributed by atoms with Crippen LogP contribution in [0.25, 0.3) is 5.69 Å². The van der Waals surface area contributed by atoms with Crippen molar-refractivity contribution in [2.24, 2.45) is 5.73 Å². The number of nitrogens with one attached hydrogen (secondary N) is 1. The van der Waals surface area contributed by atoms with E-state index in [1.807, 2.05) is 31.2 Å². The van der Waals surface area contributed by atoms with E-state index in [-0.39, 0.29) is 5.91 Å². The number of aromatic nitrogens is 3. The molecule has 2 rings (SSSR count). The number of rotatable bonds is 5. The van der Waals surface area contributed by atoms with E-state index in [0.29, 0.717) is 6.42 Å². The first-order valence-corrected chi connectivity index (χ1v) is 6.24. The minimum Gasteiger partial charge on any atom is -0.325 e. The molecule has 1 atom stereocenters. The predicted molar refractivity (Wildman–Crippen MR) is 72.9 cm³/mol. The number of nitrogens with two attached hydrogens (primary N) is 1. The van der Waals surface area contributed by atoms with Crippen molar-refractivity contribution in [3.8, 4) is 5.69 Å². The van der Waals surface area contributed by atoms with Crippen molar-refractivity contribution in [2.45, 2.75) is 25.8 Å². The molecule has 1 aromatic carbocycles. The maximum atomic E-state index is 11.8. The molecular weight excluding hydrogens is 242 g/mol. The lowest BCUT2D eigenvalue weighted by molar-refractivity contribution is -0.117. The Balaban J connectivity index is 2.01. The summed E-state index contributed by atoms with van der Waals surface area (Å²) in [5.41, 5.74) is 7.35. The van der Waals surface area contributed by atoms with Crippen LogP contribution in [0.3, 0.4) is 0 Å². The number of anilines is 1. The smallest absolute Gasteiger partial charge is 0.241 e. The van der Waals surface area contributed by atoms with Crippen LogP contribution in [-0.2, 0) is 4.79 Å². The Labute approximate surface area is 111 Å². The average molecular weight is 259 g/mol. The number of hydrogen-bond donors (Lipinski definition) is 2. The summed E-state index contributed by atoms with van der Waals surface area (Å²) in [6, 6.07) is 6.88. The third-order valence-electron chi connectivity index (χ3n) is 2.76. The first kappa shape index (κ1) is 13.2. The van der Waals surface area contributed by atoms with Gasteiger partial charge in [-0.2, -0.15) is 0 Å². The molecule has 1 unspecified atom stereocenters. The van der Waals surface area contributed by atoms with Crippen molar-refractivity contribution in [1.29, 1.82) is 0 Å². The van der Waals surface area contributed by atoms with Gasteiger partial charge >= 0.3 is 0 Å². The zero-order chi connectivity index (χ0) is 13.7. The second-order valence-electron chi connectivity index (χ2n) is 4.28. The van der Waals surface area contributed by atoms with E-state index in [4.69, 9.17) is 5.73 Å². The van der Waals surface area contributed by atoms with Crippen LogP contribution in [0.15, 0.2) is 36.7 Å². The van der Waals surface area contributed by atoms with Gasteiger partial charge in [0.1, 0.15) is 0 Å². The van der Waals surface area contributed by atoms with Crippen LogP contribution >= 0.6 is 0 Å². The van der Waals surface area contributed by atoms with Gasteiger partial charge in [-0.25, -0.2) is 4.68 Å². The second-order valence-corrected chi connectivity index (χ2v) is 4.28. The Morgan fingerprint density at radius 1 is 1.42 bits per heavy atom. The normalized spacial score (nSPS) is 12.1. The molecule has 0 aliphatic heterocycles. The molecule has 0 saturated heterocycles. The zero-order valence-electron chi connectivity index (χ0n) is 10.8. The van der Waals surface area contributed by atoms with E-state index < -0.39 is 6.04 Å². The van der Waals surface area contributed by atoms with Crippen LogP contribution in [0.1, 0.15) is 19.8 Å². The molecule has 3 N–H and O–H groups in total. The Morgan fingerprint density at radius 3 is 2.74 bits per heavy atom. The molecule has 0 radical (unpaired) electrons. The lowest BCUT2D eigenvalue weighted by Gasteiger charge is -2.11. The van der Waals surface area contributed by atoms with Crippen LogP contribution in [-0.4, -0.2) is 26.9 Å². The van der Waals surface area contributed by atoms with Crippen LogP contribution in [0, 0.1) is 0 Å². The monoisotopic (exact) mass is 259 g/mol. The fraction of sp³-hybridized carbons (Fsp3) is 0.308. The number of amides is 1. The van der Waals surface area contributed by atoms with Crippen LogP contribution in [0.4, 0.5) is 5.69 Å². The van der Waals surface area contributed by atoms with Crippen LogP contribution < -0.4 is 11.1 Å². The van der Waals surface area contributed by atoms with Crippen LogP contribution in [0.2, 0.25) is 0 Å². The fourth-order valence-corrected chi connectivity index (χ4v) is 1.72. The van der Waals surface area contributed by atoms with E-state index in [0.717, 1.165) is 17.8 Å². The van der Waals surface area contributed by atoms with Crippen molar-refractivity contribution >= 4 is 11.6 Å². The topological polar surface area (TPSA) is 85.8 Å². The van der Waals surface area contributed by atoms with Gasteiger partial charge in [0.2, 0.25) is 5.91 Å². The van der Waals surface area contributed by atoms with Crippen molar-refractivity contribution in [1.82, 2.24) is 15.0 Å². The Morgan fingerprint density at radius 2 is 2.16 bits per heavy atom. The number of hydrogen-bond acceptors (Lipinski definition) is 4. The SMILES string of the molecule is CCCC(N)C(=O)Nc1ccc(-n2ccnn2)cc1. The summed E-state index contributed by atoms with van der Waals surface area (Å²) in [5.74, 6) is -0.157. The minimum absolute atomic E-state index is 0.157. The molecule has 0 aliphatic rings. The summed E-state index contributed by atoms with van der Waals surface area (Å²) in [5, 5.41) is 10.4. The Kier molecular flexibility index (Phi) is 4.25. The highest BCUT2D eigenvalue weighted by Crippen LogP contribution is 2.12. The van der Waals surface area contributed by atoms with E-state index in [1.165, 1.54) is 0 Å². The summed E-state index contributed by atoms with van der Waals surface area (Å²) in [7, 11) is 0. The Hall–Kier alpha value is -2.21. The summed E-state index contributed by atoms with van der Waals surface area (Å²) < 4.78 is 1.65. The zero-order valence-corrected chi connectivity index (χ0v) is 10.8. The van der Waals surface area contributed by atoms with E-state index in [2.05, 4.69) is 15.6 Å². The number of carbonyl (C=O) groups excluding carboxylic acids is 1. The summed E-state index contributed by atoms with van der Waals surface area (Å²) in [6.45, 7) is 2.00. The molecule has 0 saturated carbocycles. The molecule has 100 valence electrons. The first-order chi connectivity index (χ1) is 9.20. The molecular formula is C13H17N5O. The second kappa shape index (κ2) is 6.10. The molecule has 0 fully saturated rings. The number of carbonyl (C=O) groups is 1. The maximum absolute atomic E-state index is 11.8. The lowest BCUT2D eigenvalue weighted by atomic mass is 10.1. The van der Waals surface area contributed by atoms with Gasteiger partial charge in [-0.3, -0.25) is 4.79 Å². The highest BCUT2D eigenvalue weighted by molar-refractivity contribution is 5.94. The van der Waals surface area contributed by atoms with Crippen LogP contribution in [0.5, 0.6) is 0 Å². The van der Waals surface area contributed by atoms with Gasteiger partial charge in [0.25, 0.3) is 0 Å². The Bertz CT molecular complexity index is 520. The maximum Gasteiger partial charge on any atom is 0.241 e. The number of benzene rings is 1. The summed E-state index contributed by atoms with van der Waals surface area (Å²) in [6.07, 6.45) is 4.94. The van der Waals surface area contributed by atoms with Gasteiger partial charge in [0, 0.05) is 5.69 Å². The molecule has 6 nitrogen and oxygen atoms in total. The van der Waals surface area contributed by atoms with Gasteiger partial charge in [-0.1, -0.05) is 18.6 Å². The van der Waals surface area contributed by atoms with Gasteiger partial charge < -0.3 is 11.1 Å². The summed E-state index contributed by atoms with van der Waals surface area (Å²) >= 11 is 0. The van der Waals surface area contributed by atoms with Gasteiger partial charge in [0.05, 0.1) is 24.1 Å². The molecule has 1 heterocycles. The van der Waals surface area contributed by atoms with Gasteiger partial charge in [-0.05, 0) is 30.7 Å². The van der Waals surface area contributed by atoms with E-state index in [1.54, 1.807) is 17.1 Å².